The largest absolute Gasteiger partial charge is 0.503 e. The summed E-state index contributed by atoms with van der Waals surface area (Å²) in [4.78, 5) is 0. The van der Waals surface area contributed by atoms with Crippen LogP contribution in [0.3, 0.4) is 0 Å². The van der Waals surface area contributed by atoms with Crippen molar-refractivity contribution < 1.29 is 13.9 Å². The maximum absolute atomic E-state index is 13.2. The van der Waals surface area contributed by atoms with Crippen molar-refractivity contribution in [1.82, 2.24) is 0 Å². The van der Waals surface area contributed by atoms with E-state index >= 15 is 0 Å². The Bertz CT molecular complexity index is 675. The van der Waals surface area contributed by atoms with Crippen molar-refractivity contribution in [3.63, 3.8) is 0 Å². The van der Waals surface area contributed by atoms with E-state index in [-0.39, 0.29) is 6.54 Å². The van der Waals surface area contributed by atoms with E-state index in [0.29, 0.717) is 16.8 Å². The van der Waals surface area contributed by atoms with E-state index in [9.17, 15) is 8.78 Å². The number of nitriles is 1. The Kier molecular flexibility index (Phi) is 4.20. The predicted octanol–water partition coefficient (Wildman–Crippen LogP) is 3.92. The first kappa shape index (κ1) is 14.3. The Balaban J connectivity index is 2.19. The van der Waals surface area contributed by atoms with Gasteiger partial charge in [0, 0.05) is 11.0 Å². The average molecular weight is 339 g/mol. The average Bonchev–Trinajstić information content (AvgIpc) is 2.43. The monoisotopic (exact) mass is 338 g/mol. The van der Waals surface area contributed by atoms with Crippen LogP contribution >= 0.6 is 15.9 Å². The van der Waals surface area contributed by atoms with Crippen molar-refractivity contribution >= 4 is 21.6 Å². The van der Waals surface area contributed by atoms with Gasteiger partial charge in [-0.15, -0.1) is 0 Å². The molecule has 3 nitrogen and oxygen atoms in total. The molecule has 0 aliphatic heterocycles. The molecule has 0 atom stereocenters. The molecule has 6 heteroatoms. The van der Waals surface area contributed by atoms with Crippen LogP contribution in [0.4, 0.5) is 14.5 Å². The first-order valence-electron chi connectivity index (χ1n) is 5.61. The number of rotatable bonds is 3. The van der Waals surface area contributed by atoms with Crippen molar-refractivity contribution in [3.8, 4) is 11.8 Å². The van der Waals surface area contributed by atoms with E-state index < -0.39 is 17.4 Å². The molecule has 2 rings (SSSR count). The third-order valence-electron chi connectivity index (χ3n) is 2.66. The number of halogens is 3. The SMILES string of the molecule is N#Cc1cc(Br)ccc1NCc1cc(F)c(O)c(F)c1. The van der Waals surface area contributed by atoms with Crippen LogP contribution < -0.4 is 5.32 Å². The number of aromatic hydroxyl groups is 1. The van der Waals surface area contributed by atoms with E-state index in [2.05, 4.69) is 21.2 Å². The summed E-state index contributed by atoms with van der Waals surface area (Å²) < 4.78 is 27.1. The Labute approximate surface area is 122 Å². The van der Waals surface area contributed by atoms with Crippen LogP contribution in [0.1, 0.15) is 11.1 Å². The first-order chi connectivity index (χ1) is 9.51. The molecule has 0 aromatic heterocycles. The molecule has 2 N–H and O–H groups in total. The van der Waals surface area contributed by atoms with Gasteiger partial charge in [0.05, 0.1) is 11.3 Å². The van der Waals surface area contributed by atoms with E-state index in [0.717, 1.165) is 16.6 Å². The lowest BCUT2D eigenvalue weighted by Gasteiger charge is -2.09. The summed E-state index contributed by atoms with van der Waals surface area (Å²) in [6.45, 7) is 0.129. The third-order valence-corrected chi connectivity index (χ3v) is 3.15. The molecule has 0 spiro atoms. The summed E-state index contributed by atoms with van der Waals surface area (Å²) in [6, 6.07) is 9.18. The fourth-order valence-corrected chi connectivity index (χ4v) is 2.04. The Morgan fingerprint density at radius 2 is 1.85 bits per heavy atom. The highest BCUT2D eigenvalue weighted by molar-refractivity contribution is 9.10. The van der Waals surface area contributed by atoms with Crippen LogP contribution in [0.15, 0.2) is 34.8 Å². The summed E-state index contributed by atoms with van der Waals surface area (Å²) in [5.74, 6) is -3.02. The number of hydrogen-bond donors (Lipinski definition) is 2. The second kappa shape index (κ2) is 5.88. The van der Waals surface area contributed by atoms with Crippen molar-refractivity contribution in [2.45, 2.75) is 6.54 Å². The van der Waals surface area contributed by atoms with Gasteiger partial charge in [0.25, 0.3) is 0 Å². The summed E-state index contributed by atoms with van der Waals surface area (Å²) in [7, 11) is 0. The molecule has 0 amide bonds. The molecular formula is C14H9BrF2N2O. The highest BCUT2D eigenvalue weighted by Gasteiger charge is 2.10. The van der Waals surface area contributed by atoms with Gasteiger partial charge in [-0.1, -0.05) is 15.9 Å². The van der Waals surface area contributed by atoms with Gasteiger partial charge in [0.1, 0.15) is 6.07 Å². The van der Waals surface area contributed by atoms with Gasteiger partial charge in [-0.05, 0) is 35.9 Å². The molecule has 0 saturated heterocycles. The standard InChI is InChI=1S/C14H9BrF2N2O/c15-10-1-2-13(9(5-10)6-18)19-7-8-3-11(16)14(20)12(17)4-8/h1-5,19-20H,7H2. The lowest BCUT2D eigenvalue weighted by Crippen LogP contribution is -2.02. The van der Waals surface area contributed by atoms with E-state index in [1.165, 1.54) is 0 Å². The first-order valence-corrected chi connectivity index (χ1v) is 6.41. The zero-order chi connectivity index (χ0) is 14.7. The van der Waals surface area contributed by atoms with E-state index in [1.54, 1.807) is 18.2 Å². The van der Waals surface area contributed by atoms with Crippen LogP contribution in [0.2, 0.25) is 0 Å². The Morgan fingerprint density at radius 1 is 1.20 bits per heavy atom. The summed E-state index contributed by atoms with van der Waals surface area (Å²) in [6.07, 6.45) is 0. The number of nitrogens with zero attached hydrogens (tertiary/aromatic N) is 1. The molecule has 0 aliphatic rings. The lowest BCUT2D eigenvalue weighted by atomic mass is 10.1. The van der Waals surface area contributed by atoms with Crippen molar-refractivity contribution in [1.29, 1.82) is 5.26 Å². The van der Waals surface area contributed by atoms with Gasteiger partial charge in [-0.2, -0.15) is 5.26 Å². The number of benzene rings is 2. The van der Waals surface area contributed by atoms with Crippen molar-refractivity contribution in [3.05, 3.63) is 57.6 Å². The van der Waals surface area contributed by atoms with E-state index in [4.69, 9.17) is 10.4 Å². The second-order valence-corrected chi connectivity index (χ2v) is 4.98. The highest BCUT2D eigenvalue weighted by atomic mass is 79.9. The van der Waals surface area contributed by atoms with Crippen LogP contribution in [0, 0.1) is 23.0 Å². The van der Waals surface area contributed by atoms with Gasteiger partial charge in [0.2, 0.25) is 0 Å². The molecular weight excluding hydrogens is 330 g/mol. The molecule has 0 saturated carbocycles. The van der Waals surface area contributed by atoms with Crippen LogP contribution in [0.25, 0.3) is 0 Å². The Morgan fingerprint density at radius 3 is 2.45 bits per heavy atom. The van der Waals surface area contributed by atoms with Crippen LogP contribution in [-0.4, -0.2) is 5.11 Å². The number of phenolic OH excluding ortho intramolecular Hbond substituents is 1. The highest BCUT2D eigenvalue weighted by Crippen LogP contribution is 2.24. The van der Waals surface area contributed by atoms with Crippen molar-refractivity contribution in [2.75, 3.05) is 5.32 Å². The molecule has 0 aliphatic carbocycles. The number of hydrogen-bond acceptors (Lipinski definition) is 3. The zero-order valence-electron chi connectivity index (χ0n) is 10.1. The van der Waals surface area contributed by atoms with Gasteiger partial charge >= 0.3 is 0 Å². The molecule has 0 heterocycles. The molecule has 0 unspecified atom stereocenters. The molecule has 20 heavy (non-hydrogen) atoms. The minimum Gasteiger partial charge on any atom is -0.503 e. The lowest BCUT2D eigenvalue weighted by molar-refractivity contribution is 0.395. The molecule has 0 fully saturated rings. The Hall–Kier alpha value is -2.13. The maximum Gasteiger partial charge on any atom is 0.187 e. The minimum atomic E-state index is -1.02. The summed E-state index contributed by atoms with van der Waals surface area (Å²) in [5.41, 5.74) is 1.30. The molecule has 2 aromatic rings. The molecule has 102 valence electrons. The number of nitrogens with one attached hydrogen (secondary N) is 1. The number of phenols is 1. The zero-order valence-corrected chi connectivity index (χ0v) is 11.7. The summed E-state index contributed by atoms with van der Waals surface area (Å²) >= 11 is 3.25. The van der Waals surface area contributed by atoms with Gasteiger partial charge in [-0.25, -0.2) is 8.78 Å². The smallest absolute Gasteiger partial charge is 0.187 e. The van der Waals surface area contributed by atoms with Crippen molar-refractivity contribution in [2.24, 2.45) is 0 Å². The van der Waals surface area contributed by atoms with Crippen LogP contribution in [0.5, 0.6) is 5.75 Å². The van der Waals surface area contributed by atoms with Gasteiger partial charge in [0.15, 0.2) is 17.4 Å². The molecule has 0 bridgehead atoms. The normalized spacial score (nSPS) is 10.1. The minimum absolute atomic E-state index is 0.129. The number of anilines is 1. The summed E-state index contributed by atoms with van der Waals surface area (Å²) in [5, 5.41) is 20.9. The second-order valence-electron chi connectivity index (χ2n) is 4.06. The van der Waals surface area contributed by atoms with E-state index in [1.807, 2.05) is 6.07 Å². The quantitative estimate of drug-likeness (QED) is 0.891. The molecule has 0 radical (unpaired) electrons. The van der Waals surface area contributed by atoms with Gasteiger partial charge < -0.3 is 10.4 Å². The fourth-order valence-electron chi connectivity index (χ4n) is 1.68. The van der Waals surface area contributed by atoms with Crippen LogP contribution in [-0.2, 0) is 6.54 Å². The van der Waals surface area contributed by atoms with Gasteiger partial charge in [-0.3, -0.25) is 0 Å². The molecule has 2 aromatic carbocycles. The third kappa shape index (κ3) is 3.06. The topological polar surface area (TPSA) is 56.0 Å². The maximum atomic E-state index is 13.2. The fraction of sp³-hybridized carbons (Fsp3) is 0.0714. The predicted molar refractivity (Wildman–Crippen MR) is 74.2 cm³/mol.